The molecule has 1 atom stereocenters. The van der Waals surface area contributed by atoms with E-state index >= 15 is 0 Å². The molecule has 1 aliphatic heterocycles. The molecule has 2 aromatic rings. The average molecular weight is 328 g/mol. The maximum Gasteiger partial charge on any atom is 0.311 e. The quantitative estimate of drug-likeness (QED) is 0.806. The van der Waals surface area contributed by atoms with Gasteiger partial charge in [-0.25, -0.2) is 0 Å². The number of anilines is 1. The molecule has 0 fully saturated rings. The topological polar surface area (TPSA) is 72.6 Å². The van der Waals surface area contributed by atoms with Crippen LogP contribution in [0.3, 0.4) is 0 Å². The Balaban J connectivity index is 1.64. The van der Waals surface area contributed by atoms with E-state index in [9.17, 15) is 9.59 Å². The number of esters is 1. The second-order valence-electron chi connectivity index (χ2n) is 5.98. The van der Waals surface area contributed by atoms with Gasteiger partial charge in [-0.2, -0.15) is 0 Å². The molecule has 1 aromatic heterocycles. The Bertz CT molecular complexity index is 762. The lowest BCUT2D eigenvalue weighted by atomic mass is 10.1. The van der Waals surface area contributed by atoms with E-state index in [0.29, 0.717) is 23.6 Å². The van der Waals surface area contributed by atoms with Gasteiger partial charge < -0.3 is 14.2 Å². The number of para-hydroxylation sites is 1. The molecule has 6 heteroatoms. The second kappa shape index (κ2) is 6.47. The van der Waals surface area contributed by atoms with Gasteiger partial charge >= 0.3 is 5.97 Å². The molecule has 3 rings (SSSR count). The van der Waals surface area contributed by atoms with Gasteiger partial charge in [-0.05, 0) is 38.8 Å². The van der Waals surface area contributed by atoms with Crippen molar-refractivity contribution >= 4 is 17.6 Å². The van der Waals surface area contributed by atoms with E-state index in [4.69, 9.17) is 9.26 Å². The third-order valence-electron chi connectivity index (χ3n) is 4.31. The van der Waals surface area contributed by atoms with Crippen LogP contribution in [0, 0.1) is 13.8 Å². The van der Waals surface area contributed by atoms with Crippen LogP contribution in [0.1, 0.15) is 29.5 Å². The van der Waals surface area contributed by atoms with Crippen molar-refractivity contribution in [3.8, 4) is 0 Å². The largest absolute Gasteiger partial charge is 0.452 e. The number of fused-ring (bicyclic) bond motifs is 1. The summed E-state index contributed by atoms with van der Waals surface area (Å²) in [4.78, 5) is 26.4. The average Bonchev–Trinajstić information content (AvgIpc) is 3.12. The van der Waals surface area contributed by atoms with E-state index < -0.39 is 12.1 Å². The Morgan fingerprint density at radius 1 is 1.33 bits per heavy atom. The predicted molar refractivity (Wildman–Crippen MR) is 87.7 cm³/mol. The number of benzene rings is 1. The van der Waals surface area contributed by atoms with Gasteiger partial charge in [0, 0.05) is 17.8 Å². The van der Waals surface area contributed by atoms with Crippen molar-refractivity contribution in [1.82, 2.24) is 5.16 Å². The van der Waals surface area contributed by atoms with Gasteiger partial charge in [-0.1, -0.05) is 23.4 Å². The summed E-state index contributed by atoms with van der Waals surface area (Å²) in [7, 11) is 0. The fourth-order valence-corrected chi connectivity index (χ4v) is 2.97. The molecule has 126 valence electrons. The van der Waals surface area contributed by atoms with E-state index in [2.05, 4.69) is 5.16 Å². The summed E-state index contributed by atoms with van der Waals surface area (Å²) in [5.41, 5.74) is 3.42. The van der Waals surface area contributed by atoms with Crippen molar-refractivity contribution < 1.29 is 18.8 Å². The molecule has 6 nitrogen and oxygen atoms in total. The van der Waals surface area contributed by atoms with Crippen molar-refractivity contribution in [2.24, 2.45) is 0 Å². The Kier molecular flexibility index (Phi) is 4.38. The minimum Gasteiger partial charge on any atom is -0.452 e. The normalized spacial score (nSPS) is 14.4. The number of amides is 1. The molecule has 1 aromatic carbocycles. The molecule has 0 saturated carbocycles. The summed E-state index contributed by atoms with van der Waals surface area (Å²) < 4.78 is 10.4. The molecular formula is C18H20N2O4. The lowest BCUT2D eigenvalue weighted by Gasteiger charge is -2.21. The first-order valence-corrected chi connectivity index (χ1v) is 7.98. The van der Waals surface area contributed by atoms with Gasteiger partial charge in [-0.15, -0.1) is 0 Å². The van der Waals surface area contributed by atoms with Crippen LogP contribution in [-0.2, 0) is 27.2 Å². The standard InChI is InChI=1S/C18H20N2O4/c1-11-15(12(2)24-19-11)10-17(21)23-13(3)18(22)20-9-8-14-6-4-5-7-16(14)20/h4-7,13H,8-10H2,1-3H3. The van der Waals surface area contributed by atoms with Gasteiger partial charge in [0.2, 0.25) is 0 Å². The number of aryl methyl sites for hydroxylation is 2. The maximum atomic E-state index is 12.6. The number of nitrogens with zero attached hydrogens (tertiary/aromatic N) is 2. The summed E-state index contributed by atoms with van der Waals surface area (Å²) in [6.45, 7) is 5.74. The van der Waals surface area contributed by atoms with Crippen LogP contribution >= 0.6 is 0 Å². The smallest absolute Gasteiger partial charge is 0.311 e. The Morgan fingerprint density at radius 2 is 2.08 bits per heavy atom. The van der Waals surface area contributed by atoms with E-state index in [1.54, 1.807) is 25.7 Å². The summed E-state index contributed by atoms with van der Waals surface area (Å²) in [6.07, 6.45) is 0.0425. The summed E-state index contributed by atoms with van der Waals surface area (Å²) in [5, 5.41) is 3.81. The summed E-state index contributed by atoms with van der Waals surface area (Å²) >= 11 is 0. The highest BCUT2D eigenvalue weighted by molar-refractivity contribution is 5.99. The van der Waals surface area contributed by atoms with Crippen molar-refractivity contribution in [2.45, 2.75) is 39.7 Å². The van der Waals surface area contributed by atoms with Gasteiger partial charge in [-0.3, -0.25) is 9.59 Å². The van der Waals surface area contributed by atoms with Crippen molar-refractivity contribution in [3.05, 3.63) is 46.8 Å². The first kappa shape index (κ1) is 16.2. The van der Waals surface area contributed by atoms with Gasteiger partial charge in [0.05, 0.1) is 12.1 Å². The van der Waals surface area contributed by atoms with Crippen molar-refractivity contribution in [1.29, 1.82) is 0 Å². The number of hydrogen-bond donors (Lipinski definition) is 0. The van der Waals surface area contributed by atoms with Crippen LogP contribution in [0.2, 0.25) is 0 Å². The zero-order valence-electron chi connectivity index (χ0n) is 14.0. The lowest BCUT2D eigenvalue weighted by molar-refractivity contribution is -0.153. The molecule has 0 radical (unpaired) electrons. The van der Waals surface area contributed by atoms with Gasteiger partial charge in [0.25, 0.3) is 5.91 Å². The van der Waals surface area contributed by atoms with Crippen molar-refractivity contribution in [2.75, 3.05) is 11.4 Å². The number of ether oxygens (including phenoxy) is 1. The highest BCUT2D eigenvalue weighted by Crippen LogP contribution is 2.28. The molecule has 0 saturated heterocycles. The van der Waals surface area contributed by atoms with E-state index in [1.807, 2.05) is 24.3 Å². The van der Waals surface area contributed by atoms with Crippen LogP contribution in [-0.4, -0.2) is 29.7 Å². The zero-order chi connectivity index (χ0) is 17.3. The van der Waals surface area contributed by atoms with Crippen LogP contribution in [0.4, 0.5) is 5.69 Å². The zero-order valence-corrected chi connectivity index (χ0v) is 14.0. The third kappa shape index (κ3) is 3.04. The van der Waals surface area contributed by atoms with Crippen LogP contribution in [0.25, 0.3) is 0 Å². The fourth-order valence-electron chi connectivity index (χ4n) is 2.97. The highest BCUT2D eigenvalue weighted by Gasteiger charge is 2.30. The molecule has 0 aliphatic carbocycles. The fraction of sp³-hybridized carbons (Fsp3) is 0.389. The summed E-state index contributed by atoms with van der Waals surface area (Å²) in [6, 6.07) is 7.79. The molecule has 0 spiro atoms. The number of rotatable bonds is 4. The monoisotopic (exact) mass is 328 g/mol. The Hall–Kier alpha value is -2.63. The number of aromatic nitrogens is 1. The molecule has 0 bridgehead atoms. The molecule has 1 amide bonds. The van der Waals surface area contributed by atoms with Crippen LogP contribution in [0.15, 0.2) is 28.8 Å². The first-order chi connectivity index (χ1) is 11.5. The Labute approximate surface area is 140 Å². The molecule has 1 unspecified atom stereocenters. The van der Waals surface area contributed by atoms with Gasteiger partial charge in [0.15, 0.2) is 6.10 Å². The Morgan fingerprint density at radius 3 is 2.79 bits per heavy atom. The summed E-state index contributed by atoms with van der Waals surface area (Å²) in [5.74, 6) is -0.0679. The minimum absolute atomic E-state index is 0.0510. The van der Waals surface area contributed by atoms with Gasteiger partial charge in [0.1, 0.15) is 5.76 Å². The SMILES string of the molecule is Cc1noc(C)c1CC(=O)OC(C)C(=O)N1CCc2ccccc21. The number of hydrogen-bond acceptors (Lipinski definition) is 5. The molecule has 24 heavy (non-hydrogen) atoms. The van der Waals surface area contributed by atoms with E-state index in [1.165, 1.54) is 0 Å². The van der Waals surface area contributed by atoms with Crippen LogP contribution < -0.4 is 4.90 Å². The number of carbonyl (C=O) groups is 2. The minimum atomic E-state index is -0.830. The second-order valence-corrected chi connectivity index (χ2v) is 5.98. The molecule has 1 aliphatic rings. The molecule has 0 N–H and O–H groups in total. The first-order valence-electron chi connectivity index (χ1n) is 7.98. The van der Waals surface area contributed by atoms with Crippen molar-refractivity contribution in [3.63, 3.8) is 0 Å². The number of carbonyl (C=O) groups excluding carboxylic acids is 2. The van der Waals surface area contributed by atoms with E-state index in [0.717, 1.165) is 17.7 Å². The lowest BCUT2D eigenvalue weighted by Crippen LogP contribution is -2.39. The van der Waals surface area contributed by atoms with E-state index in [-0.39, 0.29) is 12.3 Å². The molecule has 2 heterocycles. The third-order valence-corrected chi connectivity index (χ3v) is 4.31. The van der Waals surface area contributed by atoms with Crippen LogP contribution in [0.5, 0.6) is 0 Å². The highest BCUT2D eigenvalue weighted by atomic mass is 16.5. The molecular weight excluding hydrogens is 308 g/mol. The predicted octanol–water partition coefficient (Wildman–Crippen LogP) is 2.35. The maximum absolute atomic E-state index is 12.6.